The maximum absolute atomic E-state index is 12.6. The van der Waals surface area contributed by atoms with Crippen LogP contribution in [0, 0.1) is 13.8 Å². The molecule has 0 atom stereocenters. The summed E-state index contributed by atoms with van der Waals surface area (Å²) in [6.07, 6.45) is 1.69. The number of thiophene rings is 1. The summed E-state index contributed by atoms with van der Waals surface area (Å²) in [5.41, 5.74) is 0.489. The summed E-state index contributed by atoms with van der Waals surface area (Å²) < 4.78 is 31.7. The van der Waals surface area contributed by atoms with Gasteiger partial charge in [0, 0.05) is 18.8 Å². The number of H-pyrrole nitrogens is 1. The lowest BCUT2D eigenvalue weighted by molar-refractivity contribution is -0.119. The number of rotatable bonds is 6. The summed E-state index contributed by atoms with van der Waals surface area (Å²) in [5.74, 6) is -0.869. The zero-order chi connectivity index (χ0) is 23.8. The molecule has 0 spiro atoms. The molecule has 1 aliphatic rings. The number of carbonyl (C=O) groups is 2. The Bertz CT molecular complexity index is 1390. The molecule has 1 fully saturated rings. The largest absolute Gasteiger partial charge is 0.451 e. The van der Waals surface area contributed by atoms with Crippen LogP contribution in [0.4, 0.5) is 5.69 Å². The molecular formula is C21H22N4O6S2. The van der Waals surface area contributed by atoms with Gasteiger partial charge in [0.2, 0.25) is 10.0 Å². The van der Waals surface area contributed by atoms with Gasteiger partial charge in [0.1, 0.15) is 15.5 Å². The van der Waals surface area contributed by atoms with Crippen LogP contribution >= 0.6 is 11.3 Å². The van der Waals surface area contributed by atoms with Crippen LogP contribution in [0.15, 0.2) is 34.0 Å². The molecule has 12 heteroatoms. The fraction of sp³-hybridized carbons (Fsp3) is 0.333. The minimum atomic E-state index is -3.53. The molecule has 2 N–H and O–H groups in total. The van der Waals surface area contributed by atoms with E-state index >= 15 is 0 Å². The number of sulfonamides is 1. The van der Waals surface area contributed by atoms with Gasteiger partial charge in [-0.2, -0.15) is 4.31 Å². The van der Waals surface area contributed by atoms with E-state index in [1.54, 1.807) is 13.8 Å². The minimum absolute atomic E-state index is 0.160. The van der Waals surface area contributed by atoms with Gasteiger partial charge in [-0.25, -0.2) is 18.2 Å². The third-order valence-electron chi connectivity index (χ3n) is 5.28. The van der Waals surface area contributed by atoms with E-state index < -0.39 is 28.5 Å². The highest BCUT2D eigenvalue weighted by atomic mass is 32.2. The molecule has 3 heterocycles. The number of anilines is 1. The van der Waals surface area contributed by atoms with Gasteiger partial charge < -0.3 is 15.0 Å². The van der Waals surface area contributed by atoms with Gasteiger partial charge in [-0.05, 0) is 56.5 Å². The summed E-state index contributed by atoms with van der Waals surface area (Å²) in [5, 5.41) is 2.89. The first-order valence-corrected chi connectivity index (χ1v) is 12.5. The summed E-state index contributed by atoms with van der Waals surface area (Å²) in [6.45, 7) is 3.75. The van der Waals surface area contributed by atoms with Crippen LogP contribution in [0.1, 0.15) is 33.9 Å². The first-order chi connectivity index (χ1) is 15.7. The number of aromatic amines is 1. The molecule has 3 aromatic rings. The van der Waals surface area contributed by atoms with Gasteiger partial charge in [0.05, 0.1) is 10.3 Å². The van der Waals surface area contributed by atoms with Crippen molar-refractivity contribution < 1.29 is 22.7 Å². The van der Waals surface area contributed by atoms with Gasteiger partial charge in [0.25, 0.3) is 11.5 Å². The summed E-state index contributed by atoms with van der Waals surface area (Å²) in [7, 11) is -3.53. The maximum atomic E-state index is 12.6. The average Bonchev–Trinajstić information content (AvgIpc) is 3.41. The number of fused-ring (bicyclic) bond motifs is 1. The zero-order valence-corrected chi connectivity index (χ0v) is 19.6. The van der Waals surface area contributed by atoms with E-state index in [1.165, 1.54) is 28.6 Å². The van der Waals surface area contributed by atoms with Crippen LogP contribution in [0.2, 0.25) is 0 Å². The van der Waals surface area contributed by atoms with E-state index in [9.17, 15) is 22.8 Å². The van der Waals surface area contributed by atoms with E-state index in [2.05, 4.69) is 15.3 Å². The smallest absolute Gasteiger partial charge is 0.349 e. The van der Waals surface area contributed by atoms with E-state index in [4.69, 9.17) is 4.74 Å². The summed E-state index contributed by atoms with van der Waals surface area (Å²) >= 11 is 1.03. The second kappa shape index (κ2) is 9.04. The van der Waals surface area contributed by atoms with Crippen molar-refractivity contribution in [1.29, 1.82) is 0 Å². The minimum Gasteiger partial charge on any atom is -0.451 e. The third kappa shape index (κ3) is 4.68. The first-order valence-electron chi connectivity index (χ1n) is 10.2. The Morgan fingerprint density at radius 1 is 1.18 bits per heavy atom. The Morgan fingerprint density at radius 2 is 1.85 bits per heavy atom. The van der Waals surface area contributed by atoms with E-state index in [1.807, 2.05) is 0 Å². The lowest BCUT2D eigenvalue weighted by Crippen LogP contribution is -2.27. The zero-order valence-electron chi connectivity index (χ0n) is 18.0. The van der Waals surface area contributed by atoms with Crippen LogP contribution in [-0.4, -0.2) is 54.3 Å². The predicted molar refractivity (Wildman–Crippen MR) is 123 cm³/mol. The molecule has 33 heavy (non-hydrogen) atoms. The monoisotopic (exact) mass is 490 g/mol. The molecule has 10 nitrogen and oxygen atoms in total. The fourth-order valence-corrected chi connectivity index (χ4v) is 6.27. The number of hydrogen-bond donors (Lipinski definition) is 2. The summed E-state index contributed by atoms with van der Waals surface area (Å²) in [6, 6.07) is 5.84. The second-order valence-electron chi connectivity index (χ2n) is 7.65. The van der Waals surface area contributed by atoms with Gasteiger partial charge in [-0.15, -0.1) is 11.3 Å². The van der Waals surface area contributed by atoms with Crippen molar-refractivity contribution in [3.63, 3.8) is 0 Å². The number of aromatic nitrogens is 2. The standard InChI is InChI=1S/C21H22N4O6S2/c1-12-17-19(27)22-13(2)23-20(17)32-18(12)21(28)31-11-16(26)24-14-5-7-15(8-6-14)33(29,30)25-9-3-4-10-25/h5-8H,3-4,9-11H2,1-2H3,(H,24,26)(H,22,23,27). The summed E-state index contributed by atoms with van der Waals surface area (Å²) in [4.78, 5) is 44.4. The number of amides is 1. The molecule has 0 aliphatic carbocycles. The van der Waals surface area contributed by atoms with Crippen molar-refractivity contribution in [2.45, 2.75) is 31.6 Å². The van der Waals surface area contributed by atoms with Gasteiger partial charge in [0.15, 0.2) is 6.61 Å². The topological polar surface area (TPSA) is 139 Å². The molecule has 174 valence electrons. The predicted octanol–water partition coefficient (Wildman–Crippen LogP) is 2.18. The molecule has 0 bridgehead atoms. The molecule has 0 saturated carbocycles. The van der Waals surface area contributed by atoms with Gasteiger partial charge >= 0.3 is 5.97 Å². The van der Waals surface area contributed by atoms with Crippen molar-refractivity contribution >= 4 is 49.1 Å². The molecule has 1 amide bonds. The number of nitrogens with one attached hydrogen (secondary N) is 2. The fourth-order valence-electron chi connectivity index (χ4n) is 3.63. The van der Waals surface area contributed by atoms with Crippen molar-refractivity contribution in [2.75, 3.05) is 25.0 Å². The van der Waals surface area contributed by atoms with Crippen molar-refractivity contribution in [3.8, 4) is 0 Å². The molecule has 0 radical (unpaired) electrons. The molecule has 1 saturated heterocycles. The number of ether oxygens (including phenoxy) is 1. The van der Waals surface area contributed by atoms with Crippen molar-refractivity contribution in [1.82, 2.24) is 14.3 Å². The Hall–Kier alpha value is -3.09. The Morgan fingerprint density at radius 3 is 2.52 bits per heavy atom. The molecule has 1 aliphatic heterocycles. The second-order valence-corrected chi connectivity index (χ2v) is 10.6. The average molecular weight is 491 g/mol. The van der Waals surface area contributed by atoms with E-state index in [-0.39, 0.29) is 15.3 Å². The van der Waals surface area contributed by atoms with Crippen LogP contribution in [0.25, 0.3) is 10.2 Å². The molecule has 4 rings (SSSR count). The first kappa shape index (κ1) is 23.1. The van der Waals surface area contributed by atoms with Crippen LogP contribution in [0.3, 0.4) is 0 Å². The Labute approximate surface area is 193 Å². The third-order valence-corrected chi connectivity index (χ3v) is 8.36. The number of esters is 1. The number of nitrogens with zero attached hydrogens (tertiary/aromatic N) is 2. The highest BCUT2D eigenvalue weighted by Gasteiger charge is 2.27. The molecular weight excluding hydrogens is 468 g/mol. The van der Waals surface area contributed by atoms with Crippen LogP contribution in [0.5, 0.6) is 0 Å². The SMILES string of the molecule is Cc1nc2sc(C(=O)OCC(=O)Nc3ccc(S(=O)(=O)N4CCCC4)cc3)c(C)c2c(=O)[nH]1. The van der Waals surface area contributed by atoms with E-state index in [0.29, 0.717) is 40.4 Å². The van der Waals surface area contributed by atoms with Crippen molar-refractivity contribution in [2.24, 2.45) is 0 Å². The van der Waals surface area contributed by atoms with E-state index in [0.717, 1.165) is 24.2 Å². The number of benzene rings is 1. The highest BCUT2D eigenvalue weighted by molar-refractivity contribution is 7.89. The highest BCUT2D eigenvalue weighted by Crippen LogP contribution is 2.27. The number of aryl methyl sites for hydroxylation is 2. The molecule has 0 unspecified atom stereocenters. The lowest BCUT2D eigenvalue weighted by Gasteiger charge is -2.15. The quantitative estimate of drug-likeness (QED) is 0.505. The lowest BCUT2D eigenvalue weighted by atomic mass is 10.2. The molecule has 2 aromatic heterocycles. The van der Waals surface area contributed by atoms with Gasteiger partial charge in [-0.1, -0.05) is 0 Å². The van der Waals surface area contributed by atoms with Gasteiger partial charge in [-0.3, -0.25) is 9.59 Å². The number of hydrogen-bond acceptors (Lipinski definition) is 8. The Kier molecular flexibility index (Phi) is 6.32. The van der Waals surface area contributed by atoms with Crippen LogP contribution in [-0.2, 0) is 19.6 Å². The number of carbonyl (C=O) groups excluding carboxylic acids is 2. The molecule has 1 aromatic carbocycles. The normalized spacial score (nSPS) is 14.5. The Balaban J connectivity index is 1.38. The van der Waals surface area contributed by atoms with Crippen LogP contribution < -0.4 is 10.9 Å². The van der Waals surface area contributed by atoms with Crippen molar-refractivity contribution in [3.05, 3.63) is 50.9 Å². The maximum Gasteiger partial charge on any atom is 0.349 e.